The van der Waals surface area contributed by atoms with E-state index in [1.807, 2.05) is 0 Å². The summed E-state index contributed by atoms with van der Waals surface area (Å²) in [4.78, 5) is 46.6. The van der Waals surface area contributed by atoms with E-state index in [0.717, 1.165) is 58.8 Å². The molecule has 5 atom stereocenters. The van der Waals surface area contributed by atoms with E-state index in [9.17, 15) is 38.1 Å². The van der Waals surface area contributed by atoms with Crippen molar-refractivity contribution in [3.8, 4) is 0 Å². The zero-order valence-electron chi connectivity index (χ0n) is 26.6. The number of carboxylic acids is 1. The molecule has 2 saturated carbocycles. The number of hydrogen-bond donors (Lipinski definition) is 6. The first-order chi connectivity index (χ1) is 21.8. The molecule has 0 bridgehead atoms. The number of amides is 2. The van der Waals surface area contributed by atoms with Crippen LogP contribution in [0.4, 0.5) is 0 Å². The summed E-state index contributed by atoms with van der Waals surface area (Å²) in [6, 6.07) is 6.85. The van der Waals surface area contributed by atoms with Crippen molar-refractivity contribution >= 4 is 27.6 Å². The van der Waals surface area contributed by atoms with Crippen LogP contribution in [0.1, 0.15) is 76.5 Å². The molecule has 1 aromatic carbocycles. The number of carbonyl (C=O) groups excluding carboxylic acids is 2. The third-order valence-electron chi connectivity index (χ3n) is 9.53. The maximum atomic E-state index is 13.9. The summed E-state index contributed by atoms with van der Waals surface area (Å²) in [5.74, 6) is -4.53. The molecule has 6 N–H and O–H groups in total. The van der Waals surface area contributed by atoms with Gasteiger partial charge in [0, 0.05) is 18.3 Å². The van der Waals surface area contributed by atoms with Crippen molar-refractivity contribution in [1.29, 1.82) is 0 Å². The molecule has 0 aliphatic heterocycles. The lowest BCUT2D eigenvalue weighted by Crippen LogP contribution is -2.57. The van der Waals surface area contributed by atoms with Crippen LogP contribution < -0.4 is 10.6 Å². The lowest BCUT2D eigenvalue weighted by atomic mass is 9.82. The molecule has 0 saturated heterocycles. The fraction of sp³-hybridized carbons (Fsp3) is 0.636. The van der Waals surface area contributed by atoms with Crippen molar-refractivity contribution in [1.82, 2.24) is 20.6 Å². The van der Waals surface area contributed by atoms with Crippen molar-refractivity contribution in [2.24, 2.45) is 17.8 Å². The molecular weight excluding hydrogens is 612 g/mol. The number of carbonyl (C=O) groups is 3. The Hall–Kier alpha value is -3.29. The second-order valence-electron chi connectivity index (χ2n) is 13.5. The maximum absolute atomic E-state index is 13.9. The van der Waals surface area contributed by atoms with Gasteiger partial charge in [-0.2, -0.15) is 0 Å². The van der Waals surface area contributed by atoms with Crippen LogP contribution in [0, 0.1) is 17.8 Å². The Balaban J connectivity index is 1.58. The van der Waals surface area contributed by atoms with E-state index in [1.165, 1.54) is 12.5 Å². The van der Waals surface area contributed by atoms with Gasteiger partial charge in [-0.05, 0) is 56.9 Å². The molecule has 2 amide bonds. The van der Waals surface area contributed by atoms with Gasteiger partial charge in [0.05, 0.1) is 30.1 Å². The second kappa shape index (κ2) is 15.5. The first-order valence-corrected chi connectivity index (χ1v) is 17.9. The summed E-state index contributed by atoms with van der Waals surface area (Å²) in [6.45, 7) is 2.18. The summed E-state index contributed by atoms with van der Waals surface area (Å²) in [6.07, 6.45) is 8.10. The van der Waals surface area contributed by atoms with Gasteiger partial charge in [-0.15, -0.1) is 0 Å². The van der Waals surface area contributed by atoms with E-state index in [4.69, 9.17) is 0 Å². The molecule has 2 aliphatic rings. The van der Waals surface area contributed by atoms with E-state index in [0.29, 0.717) is 17.7 Å². The van der Waals surface area contributed by atoms with Crippen LogP contribution in [0.3, 0.4) is 0 Å². The lowest BCUT2D eigenvalue weighted by Gasteiger charge is -2.33. The average molecular weight is 661 g/mol. The van der Waals surface area contributed by atoms with E-state index in [1.54, 1.807) is 30.3 Å². The Bertz CT molecular complexity index is 1410. The Morgan fingerprint density at radius 1 is 0.978 bits per heavy atom. The van der Waals surface area contributed by atoms with Gasteiger partial charge in [0.15, 0.2) is 14.6 Å². The van der Waals surface area contributed by atoms with Gasteiger partial charge in [0.1, 0.15) is 12.1 Å². The fourth-order valence-electron chi connectivity index (χ4n) is 6.15. The maximum Gasteiger partial charge on any atom is 0.324 e. The Morgan fingerprint density at radius 3 is 2.24 bits per heavy atom. The molecule has 1 aromatic heterocycles. The minimum absolute atomic E-state index is 0.000418. The first-order valence-electron chi connectivity index (χ1n) is 16.2. The normalized spacial score (nSPS) is 19.4. The van der Waals surface area contributed by atoms with E-state index < -0.39 is 68.3 Å². The molecule has 2 aromatic rings. The van der Waals surface area contributed by atoms with Gasteiger partial charge in [-0.1, -0.05) is 62.4 Å². The molecule has 12 nitrogen and oxygen atoms in total. The minimum Gasteiger partial charge on any atom is -0.480 e. The molecule has 2 aliphatic carbocycles. The largest absolute Gasteiger partial charge is 0.480 e. The van der Waals surface area contributed by atoms with Crippen LogP contribution in [-0.2, 0) is 37.1 Å². The molecule has 1 heterocycles. The van der Waals surface area contributed by atoms with Gasteiger partial charge in [0.25, 0.3) is 0 Å². The Labute approximate surface area is 270 Å². The van der Waals surface area contributed by atoms with Crippen LogP contribution in [0.15, 0.2) is 42.9 Å². The average Bonchev–Trinajstić information content (AvgIpc) is 3.75. The van der Waals surface area contributed by atoms with Crippen LogP contribution in [-0.4, -0.2) is 86.3 Å². The lowest BCUT2D eigenvalue weighted by molar-refractivity contribution is -0.139. The monoisotopic (exact) mass is 660 g/mol. The van der Waals surface area contributed by atoms with Crippen molar-refractivity contribution in [3.63, 3.8) is 0 Å². The molecule has 13 heteroatoms. The van der Waals surface area contributed by atoms with Crippen molar-refractivity contribution in [3.05, 3.63) is 54.1 Å². The number of nitrogens with one attached hydrogen (secondary N) is 3. The number of nitrogens with zero attached hydrogens (tertiary/aromatic N) is 1. The number of benzene rings is 1. The van der Waals surface area contributed by atoms with Crippen molar-refractivity contribution < 1.29 is 38.1 Å². The van der Waals surface area contributed by atoms with Crippen LogP contribution >= 0.6 is 0 Å². The number of aromatic nitrogens is 2. The SMILES string of the molecule is CC(C)(C(=O)O)S(=O)(=O)C[C@H](Cc1ccccc1)C(=O)N[C@@H](Cc1cnc[nH]1)C(=O)N[C@@H](CC1CCCCC1)[C@@H](O)[C@@H](O)C1CC1. The van der Waals surface area contributed by atoms with Crippen molar-refractivity contribution in [2.45, 2.75) is 107 Å². The number of rotatable bonds is 17. The minimum atomic E-state index is -4.33. The highest BCUT2D eigenvalue weighted by Crippen LogP contribution is 2.36. The molecule has 0 unspecified atom stereocenters. The number of H-pyrrole nitrogens is 1. The van der Waals surface area contributed by atoms with E-state index in [-0.39, 0.29) is 24.7 Å². The van der Waals surface area contributed by atoms with E-state index in [2.05, 4.69) is 20.6 Å². The number of aromatic amines is 1. The molecule has 4 rings (SSSR count). The molecule has 254 valence electrons. The van der Waals surface area contributed by atoms with Gasteiger partial charge in [-0.3, -0.25) is 14.4 Å². The highest BCUT2D eigenvalue weighted by molar-refractivity contribution is 7.93. The van der Waals surface area contributed by atoms with Gasteiger partial charge in [-0.25, -0.2) is 13.4 Å². The molecule has 46 heavy (non-hydrogen) atoms. The number of aliphatic hydroxyl groups is 2. The number of hydrogen-bond acceptors (Lipinski definition) is 8. The molecule has 2 fully saturated rings. The molecule has 0 spiro atoms. The predicted octanol–water partition coefficient (Wildman–Crippen LogP) is 2.16. The Kier molecular flexibility index (Phi) is 12.0. The number of carboxylic acid groups (broad SMARTS) is 1. The zero-order chi connectivity index (χ0) is 33.5. The van der Waals surface area contributed by atoms with Gasteiger partial charge < -0.3 is 30.9 Å². The van der Waals surface area contributed by atoms with Gasteiger partial charge in [0.2, 0.25) is 11.8 Å². The second-order valence-corrected chi connectivity index (χ2v) is 16.1. The zero-order valence-corrected chi connectivity index (χ0v) is 27.4. The first kappa shape index (κ1) is 35.6. The van der Waals surface area contributed by atoms with Crippen LogP contribution in [0.2, 0.25) is 0 Å². The summed E-state index contributed by atoms with van der Waals surface area (Å²) < 4.78 is 24.5. The third kappa shape index (κ3) is 9.38. The topological polar surface area (TPSA) is 199 Å². The molecule has 0 radical (unpaired) electrons. The van der Waals surface area contributed by atoms with Crippen molar-refractivity contribution in [2.75, 3.05) is 5.75 Å². The van der Waals surface area contributed by atoms with Crippen LogP contribution in [0.5, 0.6) is 0 Å². The summed E-state index contributed by atoms with van der Waals surface area (Å²) in [7, 11) is -4.33. The predicted molar refractivity (Wildman–Crippen MR) is 171 cm³/mol. The van der Waals surface area contributed by atoms with Crippen LogP contribution in [0.25, 0.3) is 0 Å². The highest BCUT2D eigenvalue weighted by atomic mass is 32.2. The molecular formula is C33H48N4O8S. The summed E-state index contributed by atoms with van der Waals surface area (Å²) >= 11 is 0. The quantitative estimate of drug-likeness (QED) is 0.147. The summed E-state index contributed by atoms with van der Waals surface area (Å²) in [5.41, 5.74) is 1.22. The van der Waals surface area contributed by atoms with Gasteiger partial charge >= 0.3 is 5.97 Å². The smallest absolute Gasteiger partial charge is 0.324 e. The van der Waals surface area contributed by atoms with E-state index >= 15 is 0 Å². The number of sulfone groups is 1. The fourth-order valence-corrected chi connectivity index (χ4v) is 7.63. The number of aliphatic hydroxyl groups excluding tert-OH is 2. The third-order valence-corrected chi connectivity index (χ3v) is 12.1. The standard InChI is InChI=1S/C33H48N4O8S/c1-33(2,32(42)43)46(44,45)19-24(15-21-9-5-3-6-10-21)30(40)37-27(17-25-18-34-20-35-25)31(41)36-26(16-22-11-7-4-8-12-22)29(39)28(38)23-13-14-23/h3,5-6,9-10,18,20,22-24,26-29,38-39H,4,7-8,11-17,19H2,1-2H3,(H,34,35)(H,36,41)(H,37,40)(H,42,43)/t24-,26-,27-,28-,29+/m0/s1. The Morgan fingerprint density at radius 2 is 1.65 bits per heavy atom. The summed E-state index contributed by atoms with van der Waals surface area (Å²) in [5, 5.41) is 37.3. The number of imidazole rings is 1. The number of aliphatic carboxylic acids is 1. The highest BCUT2D eigenvalue weighted by Gasteiger charge is 2.45.